The van der Waals surface area contributed by atoms with Crippen LogP contribution in [0.3, 0.4) is 0 Å². The molecule has 0 bridgehead atoms. The second-order valence-corrected chi connectivity index (χ2v) is 6.34. The first-order valence-corrected chi connectivity index (χ1v) is 7.15. The van der Waals surface area contributed by atoms with Gasteiger partial charge in [0.2, 0.25) is 9.84 Å². The van der Waals surface area contributed by atoms with E-state index in [1.807, 2.05) is 0 Å². The standard InChI is InChI=1S/C14H14O4S/c1-9-4-3-5-11(6-9)19(17,18)14-8-12(15)10(2)7-13(14)16/h3-8,15-16H,1-2H3. The summed E-state index contributed by atoms with van der Waals surface area (Å²) in [6.45, 7) is 3.36. The van der Waals surface area contributed by atoms with Crippen molar-refractivity contribution in [2.75, 3.05) is 0 Å². The number of sulfone groups is 1. The summed E-state index contributed by atoms with van der Waals surface area (Å²) in [6.07, 6.45) is 0. The van der Waals surface area contributed by atoms with E-state index in [-0.39, 0.29) is 21.3 Å². The first kappa shape index (κ1) is 13.4. The van der Waals surface area contributed by atoms with E-state index in [4.69, 9.17) is 0 Å². The van der Waals surface area contributed by atoms with Gasteiger partial charge in [-0.3, -0.25) is 0 Å². The van der Waals surface area contributed by atoms with Crippen molar-refractivity contribution in [3.63, 3.8) is 0 Å². The highest BCUT2D eigenvalue weighted by Gasteiger charge is 2.23. The van der Waals surface area contributed by atoms with Crippen molar-refractivity contribution in [3.05, 3.63) is 47.5 Å². The minimum absolute atomic E-state index is 0.0889. The van der Waals surface area contributed by atoms with E-state index in [0.29, 0.717) is 5.56 Å². The molecular formula is C14H14O4S. The third-order valence-corrected chi connectivity index (χ3v) is 4.65. The monoisotopic (exact) mass is 278 g/mol. The lowest BCUT2D eigenvalue weighted by molar-refractivity contribution is 0.442. The topological polar surface area (TPSA) is 74.6 Å². The zero-order valence-electron chi connectivity index (χ0n) is 10.6. The SMILES string of the molecule is Cc1cccc(S(=O)(=O)c2cc(O)c(C)cc2O)c1. The van der Waals surface area contributed by atoms with Crippen molar-refractivity contribution in [1.82, 2.24) is 0 Å². The second-order valence-electron chi connectivity index (χ2n) is 4.43. The highest BCUT2D eigenvalue weighted by Crippen LogP contribution is 2.33. The Morgan fingerprint density at radius 1 is 0.947 bits per heavy atom. The van der Waals surface area contributed by atoms with Crippen LogP contribution in [0, 0.1) is 13.8 Å². The fourth-order valence-corrected chi connectivity index (χ4v) is 3.24. The number of hydrogen-bond donors (Lipinski definition) is 2. The summed E-state index contributed by atoms with van der Waals surface area (Å²) in [5.74, 6) is -0.527. The molecule has 2 rings (SSSR count). The molecule has 0 aliphatic heterocycles. The van der Waals surface area contributed by atoms with Crippen molar-refractivity contribution in [2.24, 2.45) is 0 Å². The van der Waals surface area contributed by atoms with Gasteiger partial charge in [0.05, 0.1) is 4.90 Å². The van der Waals surface area contributed by atoms with Crippen LogP contribution in [0.4, 0.5) is 0 Å². The van der Waals surface area contributed by atoms with Gasteiger partial charge in [0, 0.05) is 6.07 Å². The van der Waals surface area contributed by atoms with Gasteiger partial charge in [-0.15, -0.1) is 0 Å². The van der Waals surface area contributed by atoms with Crippen LogP contribution in [0.15, 0.2) is 46.2 Å². The van der Waals surface area contributed by atoms with Crippen LogP contribution >= 0.6 is 0 Å². The molecule has 4 nitrogen and oxygen atoms in total. The summed E-state index contributed by atoms with van der Waals surface area (Å²) < 4.78 is 24.8. The van der Waals surface area contributed by atoms with Crippen LogP contribution in [0.5, 0.6) is 11.5 Å². The first-order chi connectivity index (χ1) is 8.82. The lowest BCUT2D eigenvalue weighted by Crippen LogP contribution is -2.03. The average Bonchev–Trinajstić information content (AvgIpc) is 2.33. The van der Waals surface area contributed by atoms with Crippen molar-refractivity contribution in [2.45, 2.75) is 23.6 Å². The molecule has 0 radical (unpaired) electrons. The highest BCUT2D eigenvalue weighted by atomic mass is 32.2. The molecule has 0 aliphatic carbocycles. The van der Waals surface area contributed by atoms with Gasteiger partial charge in [0.25, 0.3) is 0 Å². The summed E-state index contributed by atoms with van der Waals surface area (Å²) in [6, 6.07) is 8.70. The average molecular weight is 278 g/mol. The van der Waals surface area contributed by atoms with E-state index in [2.05, 4.69) is 0 Å². The second kappa shape index (κ2) is 4.59. The molecule has 2 N–H and O–H groups in total. The Bertz CT molecular complexity index is 733. The molecule has 0 heterocycles. The molecule has 0 saturated heterocycles. The quantitative estimate of drug-likeness (QED) is 0.828. The molecule has 0 atom stereocenters. The number of rotatable bonds is 2. The van der Waals surface area contributed by atoms with Crippen molar-refractivity contribution in [3.8, 4) is 11.5 Å². The number of hydrogen-bond acceptors (Lipinski definition) is 4. The van der Waals surface area contributed by atoms with Crippen LogP contribution in [0.25, 0.3) is 0 Å². The molecule has 0 unspecified atom stereocenters. The Morgan fingerprint density at radius 3 is 2.26 bits per heavy atom. The van der Waals surface area contributed by atoms with E-state index in [9.17, 15) is 18.6 Å². The molecule has 100 valence electrons. The lowest BCUT2D eigenvalue weighted by Gasteiger charge is -2.09. The molecule has 0 fully saturated rings. The van der Waals surface area contributed by atoms with Crippen LogP contribution in [0.1, 0.15) is 11.1 Å². The van der Waals surface area contributed by atoms with E-state index < -0.39 is 9.84 Å². The molecule has 5 heteroatoms. The Balaban J connectivity index is 2.67. The Kier molecular flexibility index (Phi) is 3.24. The number of aryl methyl sites for hydroxylation is 2. The summed E-state index contributed by atoms with van der Waals surface area (Å²) in [4.78, 5) is -0.202. The van der Waals surface area contributed by atoms with Gasteiger partial charge in [-0.2, -0.15) is 0 Å². The fourth-order valence-electron chi connectivity index (χ4n) is 1.79. The van der Waals surface area contributed by atoms with Gasteiger partial charge in [-0.1, -0.05) is 12.1 Å². The van der Waals surface area contributed by atoms with Crippen molar-refractivity contribution < 1.29 is 18.6 Å². The molecular weight excluding hydrogens is 264 g/mol. The summed E-state index contributed by atoms with van der Waals surface area (Å²) in [5.41, 5.74) is 1.22. The minimum Gasteiger partial charge on any atom is -0.508 e. The molecule has 0 saturated carbocycles. The summed E-state index contributed by atoms with van der Waals surface area (Å²) in [7, 11) is -3.84. The molecule has 0 aromatic heterocycles. The maximum Gasteiger partial charge on any atom is 0.210 e. The number of benzene rings is 2. The first-order valence-electron chi connectivity index (χ1n) is 5.66. The molecule has 0 aliphatic rings. The predicted molar refractivity (Wildman–Crippen MR) is 71.1 cm³/mol. The van der Waals surface area contributed by atoms with Crippen LogP contribution < -0.4 is 0 Å². The predicted octanol–water partition coefficient (Wildman–Crippen LogP) is 2.55. The van der Waals surface area contributed by atoms with Gasteiger partial charge in [-0.05, 0) is 43.2 Å². The molecule has 19 heavy (non-hydrogen) atoms. The minimum atomic E-state index is -3.84. The number of aromatic hydroxyl groups is 2. The zero-order valence-corrected chi connectivity index (χ0v) is 11.4. The molecule has 0 amide bonds. The Hall–Kier alpha value is -2.01. The molecule has 2 aromatic carbocycles. The van der Waals surface area contributed by atoms with Gasteiger partial charge >= 0.3 is 0 Å². The van der Waals surface area contributed by atoms with E-state index in [1.165, 1.54) is 18.2 Å². The number of phenols is 2. The van der Waals surface area contributed by atoms with Crippen molar-refractivity contribution >= 4 is 9.84 Å². The Morgan fingerprint density at radius 2 is 1.63 bits per heavy atom. The maximum absolute atomic E-state index is 12.4. The van der Waals surface area contributed by atoms with Crippen molar-refractivity contribution in [1.29, 1.82) is 0 Å². The van der Waals surface area contributed by atoms with Gasteiger partial charge < -0.3 is 10.2 Å². The van der Waals surface area contributed by atoms with E-state index in [0.717, 1.165) is 11.6 Å². The zero-order chi connectivity index (χ0) is 14.2. The normalized spacial score (nSPS) is 11.5. The van der Waals surface area contributed by atoms with Gasteiger partial charge in [0.15, 0.2) is 0 Å². The maximum atomic E-state index is 12.4. The summed E-state index contributed by atoms with van der Waals surface area (Å²) >= 11 is 0. The van der Waals surface area contributed by atoms with Crippen LogP contribution in [-0.4, -0.2) is 18.6 Å². The third kappa shape index (κ3) is 2.42. The highest BCUT2D eigenvalue weighted by molar-refractivity contribution is 7.91. The number of phenolic OH excluding ortho intramolecular Hbond substituents is 2. The van der Waals surface area contributed by atoms with Gasteiger partial charge in [-0.25, -0.2) is 8.42 Å². The molecule has 0 spiro atoms. The largest absolute Gasteiger partial charge is 0.508 e. The van der Waals surface area contributed by atoms with E-state index in [1.54, 1.807) is 26.0 Å². The Labute approximate surface area is 111 Å². The van der Waals surface area contributed by atoms with E-state index >= 15 is 0 Å². The fraction of sp³-hybridized carbons (Fsp3) is 0.143. The lowest BCUT2D eigenvalue weighted by atomic mass is 10.2. The van der Waals surface area contributed by atoms with Gasteiger partial charge in [0.1, 0.15) is 16.4 Å². The van der Waals surface area contributed by atoms with Crippen LogP contribution in [0.2, 0.25) is 0 Å². The summed E-state index contributed by atoms with van der Waals surface area (Å²) in [5, 5.41) is 19.4. The molecule has 2 aromatic rings. The smallest absolute Gasteiger partial charge is 0.210 e. The third-order valence-electron chi connectivity index (χ3n) is 2.87. The van der Waals surface area contributed by atoms with Crippen LogP contribution in [-0.2, 0) is 9.84 Å².